The molecule has 170 valence electrons. The molecule has 0 spiro atoms. The molecule has 3 rings (SSSR count). The number of aryl methyl sites for hydroxylation is 1. The highest BCUT2D eigenvalue weighted by molar-refractivity contribution is 7.99. The topological polar surface area (TPSA) is 87.5 Å². The molecule has 0 aromatic heterocycles. The Morgan fingerprint density at radius 1 is 1.19 bits per heavy atom. The van der Waals surface area contributed by atoms with E-state index in [4.69, 9.17) is 0 Å². The highest BCUT2D eigenvalue weighted by Gasteiger charge is 2.14. The number of amides is 1. The van der Waals surface area contributed by atoms with Gasteiger partial charge in [-0.1, -0.05) is 31.7 Å². The highest BCUT2D eigenvalue weighted by atomic mass is 32.2. The van der Waals surface area contributed by atoms with Gasteiger partial charge in [0, 0.05) is 50.2 Å². The van der Waals surface area contributed by atoms with Gasteiger partial charge in [-0.15, -0.1) is 0 Å². The third kappa shape index (κ3) is 10.4. The minimum absolute atomic E-state index is 0.0734. The van der Waals surface area contributed by atoms with E-state index >= 15 is 0 Å². The number of benzene rings is 2. The van der Waals surface area contributed by atoms with Crippen LogP contribution in [0.4, 0.5) is 10.1 Å². The van der Waals surface area contributed by atoms with E-state index in [0.29, 0.717) is 4.90 Å². The van der Waals surface area contributed by atoms with E-state index in [2.05, 4.69) is 15.5 Å². The number of nitro benzene ring substituents is 1. The summed E-state index contributed by atoms with van der Waals surface area (Å²) in [5.74, 6) is -0.322. The fourth-order valence-corrected chi connectivity index (χ4v) is 3.60. The molecule has 0 saturated carbocycles. The van der Waals surface area contributed by atoms with Gasteiger partial charge in [-0.25, -0.2) is 4.39 Å². The summed E-state index contributed by atoms with van der Waals surface area (Å²) < 4.78 is 12.8. The number of hydrogen-bond donors (Lipinski definition) is 2. The summed E-state index contributed by atoms with van der Waals surface area (Å²) in [6.45, 7) is 11.9. The van der Waals surface area contributed by atoms with Gasteiger partial charge >= 0.3 is 0 Å². The third-order valence-corrected chi connectivity index (χ3v) is 5.29. The first-order valence-corrected chi connectivity index (χ1v) is 11.1. The minimum Gasteiger partial charge on any atom is -0.357 e. The minimum atomic E-state index is -0.404. The molecule has 0 atom stereocenters. The van der Waals surface area contributed by atoms with Crippen molar-refractivity contribution in [3.8, 4) is 0 Å². The largest absolute Gasteiger partial charge is 0.357 e. The van der Waals surface area contributed by atoms with Gasteiger partial charge < -0.3 is 10.6 Å². The molecule has 9 heteroatoms. The quantitative estimate of drug-likeness (QED) is 0.288. The second kappa shape index (κ2) is 15.3. The predicted molar refractivity (Wildman–Crippen MR) is 123 cm³/mol. The summed E-state index contributed by atoms with van der Waals surface area (Å²) in [5, 5.41) is 16.9. The maximum Gasteiger partial charge on any atom is 0.283 e. The lowest BCUT2D eigenvalue weighted by molar-refractivity contribution is -0.387. The molecule has 1 aliphatic heterocycles. The number of rotatable bonds is 7. The lowest BCUT2D eigenvalue weighted by Gasteiger charge is -2.26. The molecule has 0 unspecified atom stereocenters. The molecule has 1 heterocycles. The molecule has 2 aromatic rings. The molecule has 2 N–H and O–H groups in total. The molecule has 0 bridgehead atoms. The zero-order valence-electron chi connectivity index (χ0n) is 18.3. The normalized spacial score (nSPS) is 13.2. The van der Waals surface area contributed by atoms with E-state index in [1.54, 1.807) is 25.1 Å². The second-order valence-corrected chi connectivity index (χ2v) is 7.56. The van der Waals surface area contributed by atoms with Gasteiger partial charge in [0.1, 0.15) is 5.82 Å². The van der Waals surface area contributed by atoms with E-state index in [1.807, 2.05) is 19.9 Å². The number of nitrogens with zero attached hydrogens (tertiary/aromatic N) is 2. The first-order chi connectivity index (χ1) is 15.0. The van der Waals surface area contributed by atoms with E-state index in [-0.39, 0.29) is 11.5 Å². The Kier molecular flexibility index (Phi) is 13.1. The van der Waals surface area contributed by atoms with Crippen LogP contribution in [0.25, 0.3) is 0 Å². The van der Waals surface area contributed by atoms with E-state index in [0.717, 1.165) is 56.1 Å². The molecule has 0 aliphatic carbocycles. The van der Waals surface area contributed by atoms with Crippen molar-refractivity contribution in [3.63, 3.8) is 0 Å². The summed E-state index contributed by atoms with van der Waals surface area (Å²) in [5.41, 5.74) is 0.912. The van der Waals surface area contributed by atoms with Crippen molar-refractivity contribution in [1.29, 1.82) is 0 Å². The summed E-state index contributed by atoms with van der Waals surface area (Å²) in [7, 11) is 0. The van der Waals surface area contributed by atoms with Gasteiger partial charge in [-0.3, -0.25) is 19.8 Å². The Bertz CT molecular complexity index is 800. The average Bonchev–Trinajstić information content (AvgIpc) is 2.79. The Labute approximate surface area is 187 Å². The van der Waals surface area contributed by atoms with Gasteiger partial charge in [0.15, 0.2) is 0 Å². The van der Waals surface area contributed by atoms with Crippen molar-refractivity contribution in [2.24, 2.45) is 0 Å². The molecular formula is C22H31FN4O3S. The van der Waals surface area contributed by atoms with E-state index < -0.39 is 4.92 Å². The van der Waals surface area contributed by atoms with Crippen molar-refractivity contribution in [3.05, 3.63) is 64.0 Å². The van der Waals surface area contributed by atoms with Crippen molar-refractivity contribution in [2.45, 2.75) is 30.6 Å². The zero-order chi connectivity index (χ0) is 23.1. The van der Waals surface area contributed by atoms with Gasteiger partial charge in [0.05, 0.1) is 9.82 Å². The number of hydrogen-bond acceptors (Lipinski definition) is 6. The summed E-state index contributed by atoms with van der Waals surface area (Å²) in [6.07, 6.45) is 0.752. The fourth-order valence-electron chi connectivity index (χ4n) is 2.70. The van der Waals surface area contributed by atoms with E-state index in [9.17, 15) is 19.3 Å². The van der Waals surface area contributed by atoms with Crippen molar-refractivity contribution >= 4 is 23.9 Å². The van der Waals surface area contributed by atoms with E-state index in [1.165, 1.54) is 30.0 Å². The standard InChI is InChI=1S/C13H10FNO2S.C7H15N3O.C2H6/c1-9-2-7-13(12(8-9)15(16)17)18-11-5-3-10(14)4-6-11;11-7-9-3-6-10-4-1-8-2-5-10;1-2/h2-8H,1H3;7-8H,1-6H2,(H,9,11);1-2H3. The van der Waals surface area contributed by atoms with Crippen LogP contribution in [0.5, 0.6) is 0 Å². The Morgan fingerprint density at radius 2 is 1.84 bits per heavy atom. The lowest BCUT2D eigenvalue weighted by Crippen LogP contribution is -2.45. The number of piperazine rings is 1. The molecule has 1 fully saturated rings. The van der Waals surface area contributed by atoms with Gasteiger partial charge in [0.25, 0.3) is 5.69 Å². The lowest BCUT2D eigenvalue weighted by atomic mass is 10.2. The average molecular weight is 451 g/mol. The van der Waals surface area contributed by atoms with Crippen molar-refractivity contribution in [2.75, 3.05) is 39.3 Å². The van der Waals surface area contributed by atoms with Crippen LogP contribution in [0.2, 0.25) is 0 Å². The van der Waals surface area contributed by atoms with Gasteiger partial charge in [-0.2, -0.15) is 0 Å². The molecule has 31 heavy (non-hydrogen) atoms. The number of carbonyl (C=O) groups excluding carboxylic acids is 1. The molecule has 0 radical (unpaired) electrons. The number of halogens is 1. The van der Waals surface area contributed by atoms with Crippen molar-refractivity contribution in [1.82, 2.24) is 15.5 Å². The van der Waals surface area contributed by atoms with Gasteiger partial charge in [0.2, 0.25) is 6.41 Å². The Balaban J connectivity index is 0.000000317. The SMILES string of the molecule is CC.Cc1ccc(Sc2ccc(F)cc2)c([N+](=O)[O-])c1.O=CNCCN1CCNCC1. The molecule has 7 nitrogen and oxygen atoms in total. The maximum atomic E-state index is 12.8. The smallest absolute Gasteiger partial charge is 0.283 e. The van der Waals surface area contributed by atoms with Crippen molar-refractivity contribution < 1.29 is 14.1 Å². The maximum absolute atomic E-state index is 12.8. The second-order valence-electron chi connectivity index (χ2n) is 6.45. The first-order valence-electron chi connectivity index (χ1n) is 10.3. The summed E-state index contributed by atoms with van der Waals surface area (Å²) in [4.78, 5) is 24.1. The van der Waals surface area contributed by atoms with Crippen LogP contribution in [-0.2, 0) is 4.79 Å². The molecule has 2 aromatic carbocycles. The number of nitrogens with one attached hydrogen (secondary N) is 2. The summed E-state index contributed by atoms with van der Waals surface area (Å²) >= 11 is 1.25. The van der Waals surface area contributed by atoms with Gasteiger partial charge in [-0.05, 0) is 42.8 Å². The zero-order valence-corrected chi connectivity index (χ0v) is 19.1. The molecule has 1 saturated heterocycles. The van der Waals surface area contributed by atoms with Crippen LogP contribution in [0.15, 0.2) is 52.3 Å². The molecule has 1 aliphatic rings. The predicted octanol–water partition coefficient (Wildman–Crippen LogP) is 3.86. The molecule has 1 amide bonds. The number of nitro groups is 1. The molecular weight excluding hydrogens is 419 g/mol. The van der Waals surface area contributed by atoms with Crippen LogP contribution in [0, 0.1) is 22.9 Å². The van der Waals surface area contributed by atoms with Crippen LogP contribution < -0.4 is 10.6 Å². The van der Waals surface area contributed by atoms with Crippen LogP contribution in [0.3, 0.4) is 0 Å². The first kappa shape index (κ1) is 26.5. The Morgan fingerprint density at radius 3 is 2.42 bits per heavy atom. The highest BCUT2D eigenvalue weighted by Crippen LogP contribution is 2.35. The van der Waals surface area contributed by atoms with Crippen LogP contribution in [0.1, 0.15) is 19.4 Å². The van der Waals surface area contributed by atoms with Crippen LogP contribution in [-0.4, -0.2) is 55.5 Å². The fraction of sp³-hybridized carbons (Fsp3) is 0.409. The number of carbonyl (C=O) groups is 1. The summed E-state index contributed by atoms with van der Waals surface area (Å²) in [6, 6.07) is 10.9. The third-order valence-electron chi connectivity index (χ3n) is 4.22. The monoisotopic (exact) mass is 450 g/mol. The van der Waals surface area contributed by atoms with Crippen LogP contribution >= 0.6 is 11.8 Å². The Hall–Kier alpha value is -2.49.